The number of halogens is 2. The Bertz CT molecular complexity index is 1050. The molecule has 2 rings (SSSR count). The molecule has 0 saturated carbocycles. The van der Waals surface area contributed by atoms with Crippen molar-refractivity contribution in [1.82, 2.24) is 9.80 Å². The third-order valence-electron chi connectivity index (χ3n) is 6.76. The van der Waals surface area contributed by atoms with E-state index in [0.717, 1.165) is 24.5 Å². The number of aliphatic hydroxyl groups excluding tert-OH is 1. The Morgan fingerprint density at radius 1 is 0.868 bits per heavy atom. The fourth-order valence-corrected chi connectivity index (χ4v) is 4.83. The molecule has 0 bridgehead atoms. The molecule has 0 unspecified atom stereocenters. The van der Waals surface area contributed by atoms with Crippen LogP contribution in [0.4, 0.5) is 8.78 Å². The quantitative estimate of drug-likeness (QED) is 0.355. The van der Waals surface area contributed by atoms with Gasteiger partial charge in [0.25, 0.3) is 11.8 Å². The first-order chi connectivity index (χ1) is 18.0. The molecule has 38 heavy (non-hydrogen) atoms. The third kappa shape index (κ3) is 8.60. The summed E-state index contributed by atoms with van der Waals surface area (Å²) in [7, 11) is 0. The van der Waals surface area contributed by atoms with Crippen molar-refractivity contribution in [3.8, 4) is 0 Å². The molecular formula is C30H43F2N3O3. The van der Waals surface area contributed by atoms with E-state index in [9.17, 15) is 23.5 Å². The Labute approximate surface area is 225 Å². The van der Waals surface area contributed by atoms with Crippen molar-refractivity contribution in [2.24, 2.45) is 5.73 Å². The van der Waals surface area contributed by atoms with E-state index in [4.69, 9.17) is 5.73 Å². The minimum absolute atomic E-state index is 0.0425. The summed E-state index contributed by atoms with van der Waals surface area (Å²) in [5, 5.41) is 10.9. The number of aryl methyl sites for hydroxylation is 1. The number of carbonyl (C=O) groups is 2. The maximum Gasteiger partial charge on any atom is 0.254 e. The average molecular weight is 532 g/mol. The second-order valence-electron chi connectivity index (χ2n) is 10.0. The van der Waals surface area contributed by atoms with Crippen LogP contribution in [0.15, 0.2) is 36.4 Å². The number of nitrogens with two attached hydrogens (primary N) is 1. The molecule has 0 aromatic heterocycles. The largest absolute Gasteiger partial charge is 0.390 e. The van der Waals surface area contributed by atoms with Crippen LogP contribution in [0.2, 0.25) is 0 Å². The number of hydrogen-bond donors (Lipinski definition) is 2. The normalized spacial score (nSPS) is 12.9. The summed E-state index contributed by atoms with van der Waals surface area (Å²) in [4.78, 5) is 30.5. The number of amides is 2. The van der Waals surface area contributed by atoms with Crippen LogP contribution in [0.3, 0.4) is 0 Å². The zero-order chi connectivity index (χ0) is 28.4. The van der Waals surface area contributed by atoms with Crippen molar-refractivity contribution < 1.29 is 23.5 Å². The Morgan fingerprint density at radius 3 is 1.89 bits per heavy atom. The maximum absolute atomic E-state index is 13.8. The molecule has 2 amide bonds. The first kappa shape index (κ1) is 31.4. The topological polar surface area (TPSA) is 86.9 Å². The Balaban J connectivity index is 2.32. The van der Waals surface area contributed by atoms with Gasteiger partial charge in [0.1, 0.15) is 11.6 Å². The van der Waals surface area contributed by atoms with E-state index in [0.29, 0.717) is 42.6 Å². The highest BCUT2D eigenvalue weighted by Gasteiger charge is 2.28. The number of aliphatic hydroxyl groups is 1. The molecule has 0 aliphatic rings. The van der Waals surface area contributed by atoms with Gasteiger partial charge in [-0.05, 0) is 80.5 Å². The Kier molecular flexibility index (Phi) is 12.3. The molecule has 0 aliphatic carbocycles. The highest BCUT2D eigenvalue weighted by atomic mass is 19.1. The highest BCUT2D eigenvalue weighted by molar-refractivity contribution is 6.00. The zero-order valence-electron chi connectivity index (χ0n) is 23.3. The highest BCUT2D eigenvalue weighted by Crippen LogP contribution is 2.20. The molecule has 6 nitrogen and oxygen atoms in total. The number of carbonyl (C=O) groups excluding carboxylic acids is 2. The van der Waals surface area contributed by atoms with E-state index in [1.165, 1.54) is 12.1 Å². The minimum atomic E-state index is -1.12. The molecule has 3 N–H and O–H groups in total. The standard InChI is InChI=1S/C30H43F2N3O3/c1-6-10-34(11-7-2)29(37)22-12-20(5)13-23(17-22)30(38)35(26(8-3)9-4)19-28(36)27(33)16-21-14-24(31)18-25(32)15-21/h12-15,17-18,26-28,36H,6-11,16,19,33H2,1-5H3/t27-,28+/m0/s1. The molecule has 0 heterocycles. The summed E-state index contributed by atoms with van der Waals surface area (Å²) in [6.45, 7) is 11.1. The minimum Gasteiger partial charge on any atom is -0.390 e. The van der Waals surface area contributed by atoms with Crippen LogP contribution in [0, 0.1) is 18.6 Å². The smallest absolute Gasteiger partial charge is 0.254 e. The van der Waals surface area contributed by atoms with E-state index in [2.05, 4.69) is 0 Å². The van der Waals surface area contributed by atoms with Gasteiger partial charge >= 0.3 is 0 Å². The van der Waals surface area contributed by atoms with Crippen LogP contribution >= 0.6 is 0 Å². The molecule has 0 spiro atoms. The summed E-state index contributed by atoms with van der Waals surface area (Å²) in [6, 6.07) is 7.33. The summed E-state index contributed by atoms with van der Waals surface area (Å²) in [6.07, 6.45) is 1.93. The molecule has 210 valence electrons. The lowest BCUT2D eigenvalue weighted by atomic mass is 9.99. The van der Waals surface area contributed by atoms with Gasteiger partial charge in [0, 0.05) is 48.9 Å². The van der Waals surface area contributed by atoms with Crippen molar-refractivity contribution in [3.63, 3.8) is 0 Å². The summed E-state index contributed by atoms with van der Waals surface area (Å²) < 4.78 is 27.2. The number of hydrogen-bond acceptors (Lipinski definition) is 4. The summed E-state index contributed by atoms with van der Waals surface area (Å²) in [5.74, 6) is -1.82. The van der Waals surface area contributed by atoms with Gasteiger partial charge in [0.15, 0.2) is 0 Å². The van der Waals surface area contributed by atoms with Crippen molar-refractivity contribution >= 4 is 11.8 Å². The molecule has 0 radical (unpaired) electrons. The van der Waals surface area contributed by atoms with Gasteiger partial charge in [-0.1, -0.05) is 27.7 Å². The SMILES string of the molecule is CCCN(CCC)C(=O)c1cc(C)cc(C(=O)N(C[C@@H](O)[C@@H](N)Cc2cc(F)cc(F)c2)C(CC)CC)c1. The van der Waals surface area contributed by atoms with Crippen LogP contribution in [-0.4, -0.2) is 64.5 Å². The van der Waals surface area contributed by atoms with Crippen molar-refractivity contribution in [2.75, 3.05) is 19.6 Å². The van der Waals surface area contributed by atoms with Crippen LogP contribution < -0.4 is 5.73 Å². The second-order valence-corrected chi connectivity index (χ2v) is 10.0. The predicted molar refractivity (Wildman–Crippen MR) is 147 cm³/mol. The van der Waals surface area contributed by atoms with E-state index in [1.54, 1.807) is 28.0 Å². The lowest BCUT2D eigenvalue weighted by Crippen LogP contribution is -2.50. The van der Waals surface area contributed by atoms with Crippen LogP contribution in [0.1, 0.15) is 85.2 Å². The molecule has 2 aromatic carbocycles. The molecule has 0 aliphatic heterocycles. The maximum atomic E-state index is 13.8. The number of nitrogens with zero attached hydrogens (tertiary/aromatic N) is 2. The van der Waals surface area contributed by atoms with Gasteiger partial charge in [-0.2, -0.15) is 0 Å². The third-order valence-corrected chi connectivity index (χ3v) is 6.76. The van der Waals surface area contributed by atoms with Gasteiger partial charge in [0.2, 0.25) is 0 Å². The summed E-state index contributed by atoms with van der Waals surface area (Å²) >= 11 is 0. The van der Waals surface area contributed by atoms with Gasteiger partial charge in [-0.25, -0.2) is 8.78 Å². The Hall–Kier alpha value is -2.84. The van der Waals surface area contributed by atoms with Crippen molar-refractivity contribution in [2.45, 2.75) is 84.9 Å². The first-order valence-corrected chi connectivity index (χ1v) is 13.6. The first-order valence-electron chi connectivity index (χ1n) is 13.6. The predicted octanol–water partition coefficient (Wildman–Crippen LogP) is 5.10. The molecule has 8 heteroatoms. The lowest BCUT2D eigenvalue weighted by molar-refractivity contribution is 0.0445. The van der Waals surface area contributed by atoms with Gasteiger partial charge in [-0.15, -0.1) is 0 Å². The fraction of sp³-hybridized carbons (Fsp3) is 0.533. The van der Waals surface area contributed by atoms with E-state index >= 15 is 0 Å². The van der Waals surface area contributed by atoms with Crippen LogP contribution in [-0.2, 0) is 6.42 Å². The molecule has 0 saturated heterocycles. The van der Waals surface area contributed by atoms with E-state index in [-0.39, 0.29) is 30.8 Å². The van der Waals surface area contributed by atoms with E-state index in [1.807, 2.05) is 34.6 Å². The molecule has 2 aromatic rings. The average Bonchev–Trinajstić information content (AvgIpc) is 2.86. The molecule has 2 atom stereocenters. The van der Waals surface area contributed by atoms with Gasteiger partial charge in [0.05, 0.1) is 6.10 Å². The van der Waals surface area contributed by atoms with Crippen molar-refractivity contribution in [3.05, 3.63) is 70.3 Å². The second kappa shape index (κ2) is 14.9. The lowest BCUT2D eigenvalue weighted by Gasteiger charge is -2.34. The monoisotopic (exact) mass is 531 g/mol. The molecule has 0 fully saturated rings. The van der Waals surface area contributed by atoms with Crippen molar-refractivity contribution in [1.29, 1.82) is 0 Å². The zero-order valence-corrected chi connectivity index (χ0v) is 23.3. The summed E-state index contributed by atoms with van der Waals surface area (Å²) in [5.41, 5.74) is 8.18. The van der Waals surface area contributed by atoms with Gasteiger partial charge in [-0.3, -0.25) is 9.59 Å². The molecular weight excluding hydrogens is 488 g/mol. The Morgan fingerprint density at radius 2 is 1.39 bits per heavy atom. The number of benzene rings is 2. The van der Waals surface area contributed by atoms with Crippen LogP contribution in [0.5, 0.6) is 0 Å². The van der Waals surface area contributed by atoms with E-state index < -0.39 is 23.8 Å². The number of rotatable bonds is 14. The van der Waals surface area contributed by atoms with Gasteiger partial charge < -0.3 is 20.6 Å². The fourth-order valence-electron chi connectivity index (χ4n) is 4.83. The van der Waals surface area contributed by atoms with Crippen LogP contribution in [0.25, 0.3) is 0 Å².